The Morgan fingerprint density at radius 1 is 0.971 bits per heavy atom. The number of hydrogen-bond donors (Lipinski definition) is 2. The van der Waals surface area contributed by atoms with E-state index in [1.54, 1.807) is 16.5 Å². The monoisotopic (exact) mass is 459 g/mol. The summed E-state index contributed by atoms with van der Waals surface area (Å²) in [6.45, 7) is 5.18. The minimum atomic E-state index is -0.759. The average molecular weight is 460 g/mol. The van der Waals surface area contributed by atoms with Gasteiger partial charge in [-0.1, -0.05) is 60.7 Å². The fourth-order valence-electron chi connectivity index (χ4n) is 4.00. The van der Waals surface area contributed by atoms with E-state index in [9.17, 15) is 14.4 Å². The number of hydrogen-bond acceptors (Lipinski definition) is 4. The van der Waals surface area contributed by atoms with E-state index < -0.39 is 11.9 Å². The Hall–Kier alpha value is -3.94. The smallest absolute Gasteiger partial charge is 0.272 e. The van der Waals surface area contributed by atoms with Gasteiger partial charge in [-0.2, -0.15) is 5.10 Å². The summed E-state index contributed by atoms with van der Waals surface area (Å²) in [6.07, 6.45) is 0.741. The van der Waals surface area contributed by atoms with Crippen LogP contribution in [0.1, 0.15) is 58.4 Å². The van der Waals surface area contributed by atoms with E-state index in [0.717, 1.165) is 17.5 Å². The third kappa shape index (κ3) is 5.33. The quantitative estimate of drug-likeness (QED) is 0.568. The molecule has 8 nitrogen and oxygen atoms in total. The molecule has 2 atom stereocenters. The largest absolute Gasteiger partial charge is 0.348 e. The standard InChI is InChI=1S/C26H29N5O3/c1-18(21-12-7-4-8-13-21)27-24(32)19(2)28-25(33)22-16-23-26(34)30(14-9-15-31(23)29-22)17-20-10-5-3-6-11-20/h3-8,10-13,16,18-19H,9,14-15,17H2,1-2H3,(H,27,32)(H,28,33)/t18-,19-/m1/s1. The fraction of sp³-hybridized carbons (Fsp3) is 0.308. The second-order valence-corrected chi connectivity index (χ2v) is 8.54. The van der Waals surface area contributed by atoms with E-state index in [2.05, 4.69) is 15.7 Å². The molecular weight excluding hydrogens is 430 g/mol. The van der Waals surface area contributed by atoms with Gasteiger partial charge in [0.05, 0.1) is 6.04 Å². The zero-order valence-electron chi connectivity index (χ0n) is 19.4. The predicted octanol–water partition coefficient (Wildman–Crippen LogP) is 2.92. The lowest BCUT2D eigenvalue weighted by Gasteiger charge is -2.20. The molecule has 0 saturated carbocycles. The van der Waals surface area contributed by atoms with Gasteiger partial charge in [0.25, 0.3) is 11.8 Å². The molecule has 8 heteroatoms. The van der Waals surface area contributed by atoms with Gasteiger partial charge in [-0.25, -0.2) is 0 Å². The molecule has 0 radical (unpaired) electrons. The molecule has 3 aromatic rings. The van der Waals surface area contributed by atoms with Crippen molar-refractivity contribution >= 4 is 17.7 Å². The van der Waals surface area contributed by atoms with Gasteiger partial charge in [0.15, 0.2) is 5.69 Å². The van der Waals surface area contributed by atoms with Gasteiger partial charge in [0.1, 0.15) is 11.7 Å². The first-order valence-corrected chi connectivity index (χ1v) is 11.5. The fourth-order valence-corrected chi connectivity index (χ4v) is 4.00. The Balaban J connectivity index is 1.40. The van der Waals surface area contributed by atoms with Crippen LogP contribution in [0.5, 0.6) is 0 Å². The Bertz CT molecular complexity index is 1160. The predicted molar refractivity (Wildman–Crippen MR) is 128 cm³/mol. The number of fused-ring (bicyclic) bond motifs is 1. The molecule has 1 aromatic heterocycles. The maximum absolute atomic E-state index is 13.1. The van der Waals surface area contributed by atoms with Gasteiger partial charge in [0, 0.05) is 25.7 Å². The lowest BCUT2D eigenvalue weighted by atomic mass is 10.1. The molecule has 2 aromatic carbocycles. The topological polar surface area (TPSA) is 96.3 Å². The summed E-state index contributed by atoms with van der Waals surface area (Å²) in [5.74, 6) is -0.941. The molecule has 34 heavy (non-hydrogen) atoms. The molecule has 2 heterocycles. The average Bonchev–Trinajstić information content (AvgIpc) is 3.22. The van der Waals surface area contributed by atoms with Crippen LogP contribution in [-0.4, -0.2) is 45.0 Å². The minimum absolute atomic E-state index is 0.126. The minimum Gasteiger partial charge on any atom is -0.348 e. The van der Waals surface area contributed by atoms with Gasteiger partial charge < -0.3 is 15.5 Å². The second-order valence-electron chi connectivity index (χ2n) is 8.54. The van der Waals surface area contributed by atoms with Gasteiger partial charge in [0.2, 0.25) is 5.91 Å². The molecule has 4 rings (SSSR count). The number of nitrogens with one attached hydrogen (secondary N) is 2. The van der Waals surface area contributed by atoms with Crippen LogP contribution in [0.4, 0.5) is 0 Å². The number of aromatic nitrogens is 2. The van der Waals surface area contributed by atoms with Gasteiger partial charge in [-0.15, -0.1) is 0 Å². The first-order chi connectivity index (χ1) is 16.4. The van der Waals surface area contributed by atoms with Crippen molar-refractivity contribution in [3.8, 4) is 0 Å². The van der Waals surface area contributed by atoms with E-state index in [4.69, 9.17) is 0 Å². The summed E-state index contributed by atoms with van der Waals surface area (Å²) in [6, 6.07) is 20.0. The van der Waals surface area contributed by atoms with Crippen LogP contribution in [0.3, 0.4) is 0 Å². The van der Waals surface area contributed by atoms with E-state index in [1.165, 1.54) is 6.07 Å². The molecule has 176 valence electrons. The highest BCUT2D eigenvalue weighted by Crippen LogP contribution is 2.17. The Morgan fingerprint density at radius 3 is 2.35 bits per heavy atom. The summed E-state index contributed by atoms with van der Waals surface area (Å²) in [4.78, 5) is 40.3. The number of carbonyl (C=O) groups is 3. The first-order valence-electron chi connectivity index (χ1n) is 11.5. The molecule has 0 fully saturated rings. The van der Waals surface area contributed by atoms with Crippen LogP contribution in [0.2, 0.25) is 0 Å². The highest BCUT2D eigenvalue weighted by atomic mass is 16.2. The number of amides is 3. The molecule has 1 aliphatic rings. The van der Waals surface area contributed by atoms with Crippen LogP contribution in [-0.2, 0) is 17.9 Å². The van der Waals surface area contributed by atoms with Crippen molar-refractivity contribution in [3.63, 3.8) is 0 Å². The summed E-state index contributed by atoms with van der Waals surface area (Å²) in [5.41, 5.74) is 2.53. The summed E-state index contributed by atoms with van der Waals surface area (Å²) in [7, 11) is 0. The highest BCUT2D eigenvalue weighted by molar-refractivity contribution is 5.99. The normalized spacial score (nSPS) is 15.1. The van der Waals surface area contributed by atoms with Crippen molar-refractivity contribution in [2.45, 2.75) is 45.4 Å². The van der Waals surface area contributed by atoms with Crippen molar-refractivity contribution in [1.82, 2.24) is 25.3 Å². The summed E-state index contributed by atoms with van der Waals surface area (Å²) >= 11 is 0. The Kier molecular flexibility index (Phi) is 7.06. The number of nitrogens with zero attached hydrogens (tertiary/aromatic N) is 3. The van der Waals surface area contributed by atoms with Crippen molar-refractivity contribution in [2.24, 2.45) is 0 Å². The first kappa shape index (κ1) is 23.2. The van der Waals surface area contributed by atoms with Crippen LogP contribution < -0.4 is 10.6 Å². The lowest BCUT2D eigenvalue weighted by molar-refractivity contribution is -0.123. The van der Waals surface area contributed by atoms with Crippen LogP contribution in [0.25, 0.3) is 0 Å². The molecule has 0 unspecified atom stereocenters. The van der Waals surface area contributed by atoms with E-state index in [0.29, 0.717) is 25.3 Å². The molecular formula is C26H29N5O3. The van der Waals surface area contributed by atoms with Gasteiger partial charge >= 0.3 is 0 Å². The molecule has 0 saturated heterocycles. The maximum atomic E-state index is 13.1. The Labute approximate surface area is 199 Å². The van der Waals surface area contributed by atoms with Crippen LogP contribution in [0.15, 0.2) is 66.7 Å². The van der Waals surface area contributed by atoms with Crippen LogP contribution >= 0.6 is 0 Å². The molecule has 0 aliphatic carbocycles. The third-order valence-corrected chi connectivity index (χ3v) is 5.93. The number of carbonyl (C=O) groups excluding carboxylic acids is 3. The third-order valence-electron chi connectivity index (χ3n) is 5.93. The van der Waals surface area contributed by atoms with Crippen molar-refractivity contribution in [2.75, 3.05) is 6.54 Å². The molecule has 2 N–H and O–H groups in total. The SMILES string of the molecule is C[C@@H](NC(=O)c1cc2n(n1)CCCN(Cc1ccccc1)C2=O)C(=O)N[C@H](C)c1ccccc1. The number of benzene rings is 2. The summed E-state index contributed by atoms with van der Waals surface area (Å²) < 4.78 is 1.59. The van der Waals surface area contributed by atoms with Crippen molar-refractivity contribution in [1.29, 1.82) is 0 Å². The zero-order valence-corrected chi connectivity index (χ0v) is 19.4. The number of rotatable bonds is 7. The van der Waals surface area contributed by atoms with Gasteiger partial charge in [-0.3, -0.25) is 19.1 Å². The van der Waals surface area contributed by atoms with E-state index >= 15 is 0 Å². The zero-order chi connectivity index (χ0) is 24.1. The van der Waals surface area contributed by atoms with E-state index in [1.807, 2.05) is 67.6 Å². The molecule has 0 bridgehead atoms. The van der Waals surface area contributed by atoms with Crippen molar-refractivity contribution in [3.05, 3.63) is 89.2 Å². The van der Waals surface area contributed by atoms with Crippen molar-refractivity contribution < 1.29 is 14.4 Å². The molecule has 0 spiro atoms. The highest BCUT2D eigenvalue weighted by Gasteiger charge is 2.27. The number of aryl methyl sites for hydroxylation is 1. The van der Waals surface area contributed by atoms with Gasteiger partial charge in [-0.05, 0) is 31.4 Å². The Morgan fingerprint density at radius 2 is 1.65 bits per heavy atom. The molecule has 3 amide bonds. The molecule has 1 aliphatic heterocycles. The summed E-state index contributed by atoms with van der Waals surface area (Å²) in [5, 5.41) is 9.95. The van der Waals surface area contributed by atoms with Crippen LogP contribution in [0, 0.1) is 0 Å². The maximum Gasteiger partial charge on any atom is 0.272 e. The second kappa shape index (κ2) is 10.3. The lowest BCUT2D eigenvalue weighted by Crippen LogP contribution is -2.45. The van der Waals surface area contributed by atoms with E-state index in [-0.39, 0.29) is 23.6 Å².